The average Bonchev–Trinajstić information content (AvgIpc) is 2.84. The van der Waals surface area contributed by atoms with Crippen molar-refractivity contribution in [1.82, 2.24) is 9.73 Å². The van der Waals surface area contributed by atoms with E-state index < -0.39 is 22.5 Å². The van der Waals surface area contributed by atoms with E-state index in [9.17, 15) is 13.2 Å². The van der Waals surface area contributed by atoms with E-state index in [-0.39, 0.29) is 21.5 Å². The van der Waals surface area contributed by atoms with Crippen LogP contribution in [-0.4, -0.2) is 52.0 Å². The van der Waals surface area contributed by atoms with Crippen molar-refractivity contribution < 1.29 is 13.2 Å². The minimum absolute atomic E-state index is 0.0266. The monoisotopic (exact) mass is 532 g/mol. The lowest BCUT2D eigenvalue weighted by Crippen LogP contribution is -2.40. The summed E-state index contributed by atoms with van der Waals surface area (Å²) in [6.07, 6.45) is 1.90. The average molecular weight is 533 g/mol. The van der Waals surface area contributed by atoms with E-state index in [1.54, 1.807) is 0 Å². The fraction of sp³-hybridized carbons (Fsp3) is 0.200. The van der Waals surface area contributed by atoms with Crippen LogP contribution in [0.15, 0.2) is 82.8 Å². The molecule has 1 amide bonds. The molecule has 0 saturated heterocycles. The Labute approximate surface area is 216 Å². The van der Waals surface area contributed by atoms with E-state index in [4.69, 9.17) is 23.2 Å². The Kier molecular flexibility index (Phi) is 9.28. The number of rotatable bonds is 10. The standard InChI is InChI=1S/C25H26Cl2N4O3S/c1-30(2)22-11-8-20(9-12-22)17-28-29-25(32)18-31(15-14-19-6-4-3-5-7-19)35(33,34)24-16-21(26)10-13-23(24)27/h3-13,16-17H,14-15,18H2,1-2H3,(H,29,32)/b28-17-. The fourth-order valence-corrected chi connectivity index (χ4v) is 5.36. The molecule has 0 aliphatic carbocycles. The molecule has 0 radical (unpaired) electrons. The van der Waals surface area contributed by atoms with Gasteiger partial charge in [-0.15, -0.1) is 0 Å². The molecule has 184 valence electrons. The second-order valence-corrected chi connectivity index (χ2v) is 10.7. The van der Waals surface area contributed by atoms with E-state index in [1.165, 1.54) is 24.4 Å². The molecule has 0 heterocycles. The van der Waals surface area contributed by atoms with Crippen molar-refractivity contribution in [1.29, 1.82) is 0 Å². The molecule has 1 N–H and O–H groups in total. The smallest absolute Gasteiger partial charge is 0.255 e. The molecule has 0 aliphatic rings. The molecule has 0 bridgehead atoms. The number of nitrogens with zero attached hydrogens (tertiary/aromatic N) is 3. The van der Waals surface area contributed by atoms with E-state index in [0.717, 1.165) is 21.1 Å². The maximum Gasteiger partial charge on any atom is 0.255 e. The number of sulfonamides is 1. The largest absolute Gasteiger partial charge is 0.378 e. The lowest BCUT2D eigenvalue weighted by Gasteiger charge is -2.22. The Bertz CT molecular complexity index is 1280. The first-order valence-electron chi connectivity index (χ1n) is 10.8. The van der Waals surface area contributed by atoms with Gasteiger partial charge in [0.05, 0.1) is 17.8 Å². The van der Waals surface area contributed by atoms with Gasteiger partial charge in [0.2, 0.25) is 10.0 Å². The number of carbonyl (C=O) groups excluding carboxylic acids is 1. The van der Waals surface area contributed by atoms with Gasteiger partial charge in [0.25, 0.3) is 5.91 Å². The van der Waals surface area contributed by atoms with Crippen LogP contribution in [0.4, 0.5) is 5.69 Å². The van der Waals surface area contributed by atoms with Crippen molar-refractivity contribution in [2.45, 2.75) is 11.3 Å². The topological polar surface area (TPSA) is 82.1 Å². The third kappa shape index (κ3) is 7.53. The molecular weight excluding hydrogens is 507 g/mol. The zero-order valence-corrected chi connectivity index (χ0v) is 21.7. The van der Waals surface area contributed by atoms with E-state index >= 15 is 0 Å². The zero-order valence-electron chi connectivity index (χ0n) is 19.4. The van der Waals surface area contributed by atoms with E-state index in [1.807, 2.05) is 73.6 Å². The predicted molar refractivity (Wildman–Crippen MR) is 142 cm³/mol. The third-order valence-electron chi connectivity index (χ3n) is 5.14. The molecule has 0 saturated carbocycles. The van der Waals surface area contributed by atoms with Crippen LogP contribution in [0.3, 0.4) is 0 Å². The maximum absolute atomic E-state index is 13.4. The lowest BCUT2D eigenvalue weighted by molar-refractivity contribution is -0.121. The van der Waals surface area contributed by atoms with E-state index in [0.29, 0.717) is 6.42 Å². The number of carbonyl (C=O) groups is 1. The predicted octanol–water partition coefficient (Wildman–Crippen LogP) is 4.44. The van der Waals surface area contributed by atoms with Gasteiger partial charge in [-0.25, -0.2) is 13.8 Å². The molecule has 3 aromatic rings. The van der Waals surface area contributed by atoms with Crippen molar-refractivity contribution >= 4 is 51.0 Å². The Morgan fingerprint density at radius 3 is 2.34 bits per heavy atom. The molecule has 0 aliphatic heterocycles. The highest BCUT2D eigenvalue weighted by Gasteiger charge is 2.28. The third-order valence-corrected chi connectivity index (χ3v) is 7.70. The number of hydrogen-bond acceptors (Lipinski definition) is 5. The first-order valence-corrected chi connectivity index (χ1v) is 12.9. The molecular formula is C25H26Cl2N4O3S. The van der Waals surface area contributed by atoms with Crippen LogP contribution in [0.1, 0.15) is 11.1 Å². The Balaban J connectivity index is 1.75. The molecule has 0 aromatic heterocycles. The highest BCUT2D eigenvalue weighted by molar-refractivity contribution is 7.89. The summed E-state index contributed by atoms with van der Waals surface area (Å²) in [6, 6.07) is 21.2. The molecule has 0 unspecified atom stereocenters. The summed E-state index contributed by atoms with van der Waals surface area (Å²) in [7, 11) is -0.226. The van der Waals surface area contributed by atoms with E-state index in [2.05, 4.69) is 10.5 Å². The van der Waals surface area contributed by atoms with Gasteiger partial charge >= 0.3 is 0 Å². The van der Waals surface area contributed by atoms with Crippen molar-refractivity contribution in [3.8, 4) is 0 Å². The molecule has 0 spiro atoms. The molecule has 0 atom stereocenters. The van der Waals surface area contributed by atoms with Gasteiger partial charge < -0.3 is 4.90 Å². The van der Waals surface area contributed by atoms with Gasteiger partial charge in [0.15, 0.2) is 0 Å². The zero-order chi connectivity index (χ0) is 25.4. The van der Waals surface area contributed by atoms with Crippen LogP contribution in [0, 0.1) is 0 Å². The van der Waals surface area contributed by atoms with Crippen LogP contribution in [-0.2, 0) is 21.2 Å². The second kappa shape index (κ2) is 12.2. The van der Waals surface area contributed by atoms with Crippen molar-refractivity contribution in [3.63, 3.8) is 0 Å². The van der Waals surface area contributed by atoms with Crippen molar-refractivity contribution in [3.05, 3.63) is 94.0 Å². The van der Waals surface area contributed by atoms with Crippen LogP contribution in [0.25, 0.3) is 0 Å². The fourth-order valence-electron chi connectivity index (χ4n) is 3.23. The molecule has 35 heavy (non-hydrogen) atoms. The Morgan fingerprint density at radius 1 is 1.00 bits per heavy atom. The second-order valence-electron chi connectivity index (χ2n) is 7.93. The summed E-state index contributed by atoms with van der Waals surface area (Å²) in [5.74, 6) is -0.582. The van der Waals surface area contributed by atoms with Gasteiger partial charge in [-0.05, 0) is 47.9 Å². The molecule has 3 aromatic carbocycles. The van der Waals surface area contributed by atoms with Gasteiger partial charge in [-0.1, -0.05) is 65.7 Å². The first-order chi connectivity index (χ1) is 16.7. The number of benzene rings is 3. The summed E-state index contributed by atoms with van der Waals surface area (Å²) < 4.78 is 27.9. The normalized spacial score (nSPS) is 11.7. The van der Waals surface area contributed by atoms with Crippen LogP contribution >= 0.6 is 23.2 Å². The van der Waals surface area contributed by atoms with Gasteiger partial charge in [0.1, 0.15) is 4.90 Å². The van der Waals surface area contributed by atoms with Crippen LogP contribution in [0.5, 0.6) is 0 Å². The number of amides is 1. The maximum atomic E-state index is 13.4. The minimum Gasteiger partial charge on any atom is -0.378 e. The van der Waals surface area contributed by atoms with Gasteiger partial charge in [-0.2, -0.15) is 9.41 Å². The number of hydrogen-bond donors (Lipinski definition) is 1. The number of nitrogens with one attached hydrogen (secondary N) is 1. The SMILES string of the molecule is CN(C)c1ccc(/C=N\NC(=O)CN(CCc2ccccc2)S(=O)(=O)c2cc(Cl)ccc2Cl)cc1. The summed E-state index contributed by atoms with van der Waals surface area (Å²) in [6.45, 7) is -0.368. The number of anilines is 1. The minimum atomic E-state index is -4.11. The number of halogens is 2. The molecule has 7 nitrogen and oxygen atoms in total. The first kappa shape index (κ1) is 26.7. The quantitative estimate of drug-likeness (QED) is 0.309. The molecule has 0 fully saturated rings. The van der Waals surface area contributed by atoms with Gasteiger partial charge in [-0.3, -0.25) is 4.79 Å². The van der Waals surface area contributed by atoms with Crippen LogP contribution < -0.4 is 10.3 Å². The molecule has 10 heteroatoms. The van der Waals surface area contributed by atoms with Gasteiger partial charge in [0, 0.05) is 31.4 Å². The molecule has 3 rings (SSSR count). The highest BCUT2D eigenvalue weighted by atomic mass is 35.5. The summed E-state index contributed by atoms with van der Waals surface area (Å²) in [5.41, 5.74) is 5.16. The van der Waals surface area contributed by atoms with Crippen LogP contribution in [0.2, 0.25) is 10.0 Å². The Hall–Kier alpha value is -2.91. The highest BCUT2D eigenvalue weighted by Crippen LogP contribution is 2.28. The summed E-state index contributed by atoms with van der Waals surface area (Å²) >= 11 is 12.2. The summed E-state index contributed by atoms with van der Waals surface area (Å²) in [4.78, 5) is 14.4. The lowest BCUT2D eigenvalue weighted by atomic mass is 10.1. The van der Waals surface area contributed by atoms with Crippen molar-refractivity contribution in [2.24, 2.45) is 5.10 Å². The van der Waals surface area contributed by atoms with Crippen molar-refractivity contribution in [2.75, 3.05) is 32.1 Å². The number of hydrazone groups is 1. The summed E-state index contributed by atoms with van der Waals surface area (Å²) in [5, 5.41) is 4.22. The Morgan fingerprint density at radius 2 is 1.69 bits per heavy atom.